The molecular weight excluding hydrogens is 356 g/mol. The van der Waals surface area contributed by atoms with E-state index < -0.39 is 11.9 Å². The van der Waals surface area contributed by atoms with E-state index in [0.717, 1.165) is 11.5 Å². The van der Waals surface area contributed by atoms with Crippen molar-refractivity contribution >= 4 is 35.2 Å². The van der Waals surface area contributed by atoms with Crippen molar-refractivity contribution in [1.29, 1.82) is 0 Å². The fourth-order valence-electron chi connectivity index (χ4n) is 2.70. The number of nitrogens with zero attached hydrogens (tertiary/aromatic N) is 1. The Balaban J connectivity index is 1.79. The van der Waals surface area contributed by atoms with Gasteiger partial charge in [-0.25, -0.2) is 4.79 Å². The fourth-order valence-corrected chi connectivity index (χ4v) is 3.60. The second-order valence-electron chi connectivity index (χ2n) is 5.81. The average Bonchev–Trinajstić information content (AvgIpc) is 3.14. The first-order valence-corrected chi connectivity index (χ1v) is 9.24. The zero-order valence-corrected chi connectivity index (χ0v) is 15.0. The Labute approximate surface area is 154 Å². The molecule has 26 heavy (non-hydrogen) atoms. The van der Waals surface area contributed by atoms with Gasteiger partial charge in [-0.2, -0.15) is 11.8 Å². The summed E-state index contributed by atoms with van der Waals surface area (Å²) in [5.74, 6) is -0.431. The van der Waals surface area contributed by atoms with Crippen molar-refractivity contribution in [3.05, 3.63) is 53.0 Å². The number of carbonyl (C=O) groups excluding carboxylic acids is 2. The van der Waals surface area contributed by atoms with E-state index in [2.05, 4.69) is 5.32 Å². The summed E-state index contributed by atoms with van der Waals surface area (Å²) >= 11 is 1.83. The maximum absolute atomic E-state index is 12.7. The van der Waals surface area contributed by atoms with E-state index in [-0.39, 0.29) is 17.4 Å². The molecule has 1 saturated heterocycles. The SMILES string of the molecule is Cc1c(NC(=O)c2ccc(C(=O)O)o2)cccc1C(=O)N1CCSCC1. The van der Waals surface area contributed by atoms with Crippen LogP contribution in [-0.2, 0) is 0 Å². The molecule has 2 aromatic rings. The van der Waals surface area contributed by atoms with Crippen LogP contribution in [0.4, 0.5) is 5.69 Å². The number of hydrogen-bond donors (Lipinski definition) is 2. The first-order valence-electron chi connectivity index (χ1n) is 8.08. The van der Waals surface area contributed by atoms with Crippen molar-refractivity contribution in [3.8, 4) is 0 Å². The standard InChI is InChI=1S/C18H18N2O5S/c1-11-12(17(22)20-7-9-26-10-8-20)3-2-4-13(11)19-16(21)14-5-6-15(25-14)18(23)24/h2-6H,7-10H2,1H3,(H,19,21)(H,23,24). The van der Waals surface area contributed by atoms with E-state index in [4.69, 9.17) is 9.52 Å². The molecule has 136 valence electrons. The highest BCUT2D eigenvalue weighted by Crippen LogP contribution is 2.23. The first kappa shape index (κ1) is 18.1. The van der Waals surface area contributed by atoms with Crippen molar-refractivity contribution < 1.29 is 23.9 Å². The van der Waals surface area contributed by atoms with Crippen molar-refractivity contribution in [3.63, 3.8) is 0 Å². The Bertz CT molecular complexity index is 855. The average molecular weight is 374 g/mol. The third-order valence-electron chi connectivity index (χ3n) is 4.15. The van der Waals surface area contributed by atoms with E-state index in [1.807, 2.05) is 16.7 Å². The van der Waals surface area contributed by atoms with Crippen molar-refractivity contribution in [2.75, 3.05) is 29.9 Å². The fraction of sp³-hybridized carbons (Fsp3) is 0.278. The second-order valence-corrected chi connectivity index (χ2v) is 7.03. The molecule has 2 heterocycles. The summed E-state index contributed by atoms with van der Waals surface area (Å²) in [6, 6.07) is 7.66. The molecule has 3 rings (SSSR count). The predicted octanol–water partition coefficient (Wildman–Crippen LogP) is 2.73. The number of aromatic carboxylic acids is 1. The van der Waals surface area contributed by atoms with E-state index in [0.29, 0.717) is 29.9 Å². The third-order valence-corrected chi connectivity index (χ3v) is 5.09. The summed E-state index contributed by atoms with van der Waals surface area (Å²) in [6.07, 6.45) is 0. The minimum atomic E-state index is -1.24. The van der Waals surface area contributed by atoms with Gasteiger partial charge in [-0.1, -0.05) is 6.07 Å². The lowest BCUT2D eigenvalue weighted by Gasteiger charge is -2.27. The van der Waals surface area contributed by atoms with E-state index in [1.54, 1.807) is 25.1 Å². The van der Waals surface area contributed by atoms with Gasteiger partial charge in [0.15, 0.2) is 5.76 Å². The Morgan fingerprint density at radius 2 is 1.81 bits per heavy atom. The van der Waals surface area contributed by atoms with Crippen LogP contribution in [0.1, 0.15) is 37.0 Å². The molecule has 1 aliphatic heterocycles. The highest BCUT2D eigenvalue weighted by Gasteiger charge is 2.22. The Morgan fingerprint density at radius 1 is 1.12 bits per heavy atom. The number of thioether (sulfide) groups is 1. The lowest BCUT2D eigenvalue weighted by atomic mass is 10.1. The van der Waals surface area contributed by atoms with E-state index in [9.17, 15) is 14.4 Å². The topological polar surface area (TPSA) is 99.9 Å². The Morgan fingerprint density at radius 3 is 2.46 bits per heavy atom. The molecule has 0 saturated carbocycles. The number of nitrogens with one attached hydrogen (secondary N) is 1. The number of carbonyl (C=O) groups is 3. The summed E-state index contributed by atoms with van der Waals surface area (Å²) in [6.45, 7) is 3.19. The second kappa shape index (κ2) is 7.65. The number of amides is 2. The smallest absolute Gasteiger partial charge is 0.371 e. The first-order chi connectivity index (χ1) is 12.5. The number of hydrogen-bond acceptors (Lipinski definition) is 5. The van der Waals surface area contributed by atoms with Crippen molar-refractivity contribution in [1.82, 2.24) is 4.90 Å². The zero-order valence-electron chi connectivity index (χ0n) is 14.2. The molecule has 1 fully saturated rings. The number of carboxylic acids is 1. The molecule has 0 unspecified atom stereocenters. The van der Waals surface area contributed by atoms with Gasteiger partial charge in [-0.15, -0.1) is 0 Å². The summed E-state index contributed by atoms with van der Waals surface area (Å²) in [7, 11) is 0. The molecule has 0 radical (unpaired) electrons. The van der Waals surface area contributed by atoms with Crippen LogP contribution in [0.15, 0.2) is 34.7 Å². The van der Waals surface area contributed by atoms with Gasteiger partial charge in [-0.3, -0.25) is 9.59 Å². The highest BCUT2D eigenvalue weighted by molar-refractivity contribution is 7.99. The van der Waals surface area contributed by atoms with Crippen molar-refractivity contribution in [2.24, 2.45) is 0 Å². The molecular formula is C18H18N2O5S. The minimum Gasteiger partial charge on any atom is -0.475 e. The van der Waals surface area contributed by atoms with Crippen LogP contribution < -0.4 is 5.32 Å². The molecule has 0 spiro atoms. The maximum Gasteiger partial charge on any atom is 0.371 e. The molecule has 1 aliphatic rings. The van der Waals surface area contributed by atoms with Gasteiger partial charge in [0, 0.05) is 35.8 Å². The number of carboxylic acid groups (broad SMARTS) is 1. The van der Waals surface area contributed by atoms with Gasteiger partial charge in [0.1, 0.15) is 0 Å². The van der Waals surface area contributed by atoms with E-state index >= 15 is 0 Å². The summed E-state index contributed by atoms with van der Waals surface area (Å²) in [4.78, 5) is 37.7. The van der Waals surface area contributed by atoms with Gasteiger partial charge in [0.25, 0.3) is 11.8 Å². The number of benzene rings is 1. The van der Waals surface area contributed by atoms with Gasteiger partial charge in [0.05, 0.1) is 0 Å². The van der Waals surface area contributed by atoms with Gasteiger partial charge < -0.3 is 19.7 Å². The highest BCUT2D eigenvalue weighted by atomic mass is 32.2. The molecule has 2 N–H and O–H groups in total. The van der Waals surface area contributed by atoms with Crippen LogP contribution in [0.2, 0.25) is 0 Å². The van der Waals surface area contributed by atoms with Crippen LogP contribution >= 0.6 is 11.8 Å². The zero-order chi connectivity index (χ0) is 18.7. The minimum absolute atomic E-state index is 0.0509. The van der Waals surface area contributed by atoms with Gasteiger partial charge in [0.2, 0.25) is 5.76 Å². The van der Waals surface area contributed by atoms with Crippen molar-refractivity contribution in [2.45, 2.75) is 6.92 Å². The molecule has 1 aromatic carbocycles. The molecule has 0 atom stereocenters. The molecule has 2 amide bonds. The predicted molar refractivity (Wildman–Crippen MR) is 98.0 cm³/mol. The van der Waals surface area contributed by atoms with Gasteiger partial charge in [-0.05, 0) is 36.8 Å². The normalized spacial score (nSPS) is 14.1. The lowest BCUT2D eigenvalue weighted by Crippen LogP contribution is -2.38. The summed E-state index contributed by atoms with van der Waals surface area (Å²) < 4.78 is 5.00. The van der Waals surface area contributed by atoms with E-state index in [1.165, 1.54) is 12.1 Å². The molecule has 0 bridgehead atoms. The number of anilines is 1. The monoisotopic (exact) mass is 374 g/mol. The quantitative estimate of drug-likeness (QED) is 0.854. The molecule has 1 aromatic heterocycles. The number of furan rings is 1. The largest absolute Gasteiger partial charge is 0.475 e. The van der Waals surface area contributed by atoms with Crippen LogP contribution in [0, 0.1) is 6.92 Å². The molecule has 8 heteroatoms. The van der Waals surface area contributed by atoms with Crippen LogP contribution in [0.25, 0.3) is 0 Å². The molecule has 7 nitrogen and oxygen atoms in total. The summed E-state index contributed by atoms with van der Waals surface area (Å²) in [5.41, 5.74) is 1.69. The number of rotatable bonds is 4. The maximum atomic E-state index is 12.7. The lowest BCUT2D eigenvalue weighted by molar-refractivity contribution is 0.0659. The molecule has 0 aliphatic carbocycles. The van der Waals surface area contributed by atoms with Crippen LogP contribution in [0.3, 0.4) is 0 Å². The summed E-state index contributed by atoms with van der Waals surface area (Å²) in [5, 5.41) is 11.5. The Hall–Kier alpha value is -2.74. The van der Waals surface area contributed by atoms with Crippen LogP contribution in [-0.4, -0.2) is 52.4 Å². The Kier molecular flexibility index (Phi) is 5.32. The third kappa shape index (κ3) is 3.75. The van der Waals surface area contributed by atoms with Gasteiger partial charge >= 0.3 is 5.97 Å². The van der Waals surface area contributed by atoms with Crippen LogP contribution in [0.5, 0.6) is 0 Å².